The van der Waals surface area contributed by atoms with E-state index in [1.54, 1.807) is 6.92 Å². The summed E-state index contributed by atoms with van der Waals surface area (Å²) in [6.45, 7) is 7.59. The van der Waals surface area contributed by atoms with Crippen LogP contribution in [0, 0.1) is 5.92 Å². The Morgan fingerprint density at radius 1 is 1.23 bits per heavy atom. The summed E-state index contributed by atoms with van der Waals surface area (Å²) in [5.74, 6) is 1.46. The monoisotopic (exact) mass is 301 g/mol. The first-order valence-electron chi connectivity index (χ1n) is 8.36. The van der Waals surface area contributed by atoms with E-state index in [-0.39, 0.29) is 5.78 Å². The zero-order chi connectivity index (χ0) is 16.1. The number of ketones is 1. The highest BCUT2D eigenvalue weighted by Gasteiger charge is 2.23. The molecule has 1 amide bonds. The van der Waals surface area contributed by atoms with Crippen molar-refractivity contribution in [2.45, 2.75) is 52.4 Å². The van der Waals surface area contributed by atoms with Crippen LogP contribution in [0.1, 0.15) is 68.3 Å². The molecule has 1 fully saturated rings. The fourth-order valence-electron chi connectivity index (χ4n) is 3.04. The van der Waals surface area contributed by atoms with E-state index < -0.39 is 0 Å². The summed E-state index contributed by atoms with van der Waals surface area (Å²) in [4.78, 5) is 25.7. The van der Waals surface area contributed by atoms with Crippen LogP contribution in [0.25, 0.3) is 0 Å². The van der Waals surface area contributed by atoms with Gasteiger partial charge in [-0.2, -0.15) is 0 Å². The van der Waals surface area contributed by atoms with Crippen molar-refractivity contribution in [2.75, 3.05) is 13.1 Å². The molecule has 1 aromatic carbocycles. The molecule has 0 aromatic heterocycles. The van der Waals surface area contributed by atoms with Gasteiger partial charge in [0.1, 0.15) is 0 Å². The number of rotatable bonds is 5. The van der Waals surface area contributed by atoms with Crippen LogP contribution in [0.3, 0.4) is 0 Å². The van der Waals surface area contributed by atoms with Crippen molar-refractivity contribution in [3.8, 4) is 0 Å². The highest BCUT2D eigenvalue weighted by atomic mass is 16.2. The SMILES string of the molecule is CC(=O)c1cccc(C2CCN(C(=O)CCC(C)C)CC2)c1. The molecule has 120 valence electrons. The first-order chi connectivity index (χ1) is 10.5. The second kappa shape index (κ2) is 7.57. The maximum atomic E-state index is 12.2. The van der Waals surface area contributed by atoms with E-state index in [0.29, 0.717) is 24.2 Å². The predicted octanol–water partition coefficient (Wildman–Crippen LogP) is 4.03. The molecule has 3 nitrogen and oxygen atoms in total. The summed E-state index contributed by atoms with van der Waals surface area (Å²) in [6.07, 6.45) is 3.63. The van der Waals surface area contributed by atoms with Gasteiger partial charge in [-0.3, -0.25) is 9.59 Å². The zero-order valence-corrected chi connectivity index (χ0v) is 14.0. The summed E-state index contributed by atoms with van der Waals surface area (Å²) in [7, 11) is 0. The number of Topliss-reactive ketones (excluding diaryl/α,β-unsaturated/α-hetero) is 1. The maximum Gasteiger partial charge on any atom is 0.222 e. The van der Waals surface area contributed by atoms with Crippen LogP contribution in [0.15, 0.2) is 24.3 Å². The molecule has 2 rings (SSSR count). The minimum absolute atomic E-state index is 0.114. The van der Waals surface area contributed by atoms with Gasteiger partial charge in [-0.05, 0) is 49.7 Å². The number of hydrogen-bond donors (Lipinski definition) is 0. The van der Waals surface area contributed by atoms with Gasteiger partial charge in [0.15, 0.2) is 5.78 Å². The molecule has 1 aliphatic heterocycles. The quantitative estimate of drug-likeness (QED) is 0.770. The van der Waals surface area contributed by atoms with Gasteiger partial charge in [0.25, 0.3) is 0 Å². The lowest BCUT2D eigenvalue weighted by Gasteiger charge is -2.32. The van der Waals surface area contributed by atoms with Crippen molar-refractivity contribution in [2.24, 2.45) is 5.92 Å². The third-order valence-electron chi connectivity index (χ3n) is 4.55. The van der Waals surface area contributed by atoms with Crippen LogP contribution >= 0.6 is 0 Å². The van der Waals surface area contributed by atoms with E-state index in [2.05, 4.69) is 19.9 Å². The van der Waals surface area contributed by atoms with Gasteiger partial charge in [0.05, 0.1) is 0 Å². The second-order valence-electron chi connectivity index (χ2n) is 6.77. The number of hydrogen-bond acceptors (Lipinski definition) is 2. The number of benzene rings is 1. The molecule has 0 bridgehead atoms. The Kier molecular flexibility index (Phi) is 5.76. The van der Waals surface area contributed by atoms with Gasteiger partial charge in [0, 0.05) is 25.1 Å². The summed E-state index contributed by atoms with van der Waals surface area (Å²) in [6, 6.07) is 7.96. The molecular weight excluding hydrogens is 274 g/mol. The molecular formula is C19H27NO2. The Morgan fingerprint density at radius 2 is 1.91 bits per heavy atom. The fraction of sp³-hybridized carbons (Fsp3) is 0.579. The first kappa shape index (κ1) is 16.7. The molecule has 0 N–H and O–H groups in total. The molecule has 22 heavy (non-hydrogen) atoms. The van der Waals surface area contributed by atoms with E-state index in [9.17, 15) is 9.59 Å². The van der Waals surface area contributed by atoms with Crippen molar-refractivity contribution in [3.63, 3.8) is 0 Å². The molecule has 0 spiro atoms. The van der Waals surface area contributed by atoms with Gasteiger partial charge in [0.2, 0.25) is 5.91 Å². The minimum atomic E-state index is 0.114. The average molecular weight is 301 g/mol. The normalized spacial score (nSPS) is 16.1. The molecule has 0 aliphatic carbocycles. The third-order valence-corrected chi connectivity index (χ3v) is 4.55. The first-order valence-corrected chi connectivity index (χ1v) is 8.36. The Bertz CT molecular complexity index is 528. The van der Waals surface area contributed by atoms with Gasteiger partial charge in [-0.15, -0.1) is 0 Å². The van der Waals surface area contributed by atoms with Crippen LogP contribution in [0.5, 0.6) is 0 Å². The molecule has 1 aromatic rings. The Balaban J connectivity index is 1.90. The standard InChI is InChI=1S/C19H27NO2/c1-14(2)7-8-19(22)20-11-9-16(10-12-20)18-6-4-5-17(13-18)15(3)21/h4-6,13-14,16H,7-12H2,1-3H3. The van der Waals surface area contributed by atoms with E-state index in [1.165, 1.54) is 5.56 Å². The Morgan fingerprint density at radius 3 is 2.50 bits per heavy atom. The number of piperidine rings is 1. The summed E-state index contributed by atoms with van der Waals surface area (Å²) < 4.78 is 0. The number of nitrogens with zero attached hydrogens (tertiary/aromatic N) is 1. The topological polar surface area (TPSA) is 37.4 Å². The van der Waals surface area contributed by atoms with Crippen LogP contribution in [-0.4, -0.2) is 29.7 Å². The van der Waals surface area contributed by atoms with Gasteiger partial charge in [-0.25, -0.2) is 0 Å². The number of amides is 1. The van der Waals surface area contributed by atoms with Gasteiger partial charge < -0.3 is 4.90 Å². The number of likely N-dealkylation sites (tertiary alicyclic amines) is 1. The van der Waals surface area contributed by atoms with Crippen molar-refractivity contribution in [1.29, 1.82) is 0 Å². The highest BCUT2D eigenvalue weighted by Crippen LogP contribution is 2.29. The van der Waals surface area contributed by atoms with Crippen LogP contribution in [0.4, 0.5) is 0 Å². The highest BCUT2D eigenvalue weighted by molar-refractivity contribution is 5.94. The number of carbonyl (C=O) groups is 2. The van der Waals surface area contributed by atoms with E-state index in [1.807, 2.05) is 23.1 Å². The van der Waals surface area contributed by atoms with E-state index in [4.69, 9.17) is 0 Å². The van der Waals surface area contributed by atoms with Crippen molar-refractivity contribution in [1.82, 2.24) is 4.90 Å². The molecule has 0 radical (unpaired) electrons. The molecule has 1 aliphatic rings. The molecule has 3 heteroatoms. The van der Waals surface area contributed by atoms with Crippen molar-refractivity contribution >= 4 is 11.7 Å². The van der Waals surface area contributed by atoms with Crippen molar-refractivity contribution in [3.05, 3.63) is 35.4 Å². The third kappa shape index (κ3) is 4.43. The Labute approximate surface area is 133 Å². The van der Waals surface area contributed by atoms with Crippen LogP contribution < -0.4 is 0 Å². The molecule has 0 saturated carbocycles. The zero-order valence-electron chi connectivity index (χ0n) is 14.0. The predicted molar refractivity (Wildman–Crippen MR) is 89.1 cm³/mol. The lowest BCUT2D eigenvalue weighted by Crippen LogP contribution is -2.37. The average Bonchev–Trinajstić information content (AvgIpc) is 2.53. The lowest BCUT2D eigenvalue weighted by atomic mass is 9.88. The fourth-order valence-corrected chi connectivity index (χ4v) is 3.04. The molecule has 1 heterocycles. The van der Waals surface area contributed by atoms with Gasteiger partial charge in [-0.1, -0.05) is 32.0 Å². The molecule has 0 unspecified atom stereocenters. The van der Waals surface area contributed by atoms with Crippen molar-refractivity contribution < 1.29 is 9.59 Å². The summed E-state index contributed by atoms with van der Waals surface area (Å²) in [5, 5.41) is 0. The van der Waals surface area contributed by atoms with E-state index >= 15 is 0 Å². The summed E-state index contributed by atoms with van der Waals surface area (Å²) in [5.41, 5.74) is 2.02. The largest absolute Gasteiger partial charge is 0.343 e. The van der Waals surface area contributed by atoms with Crippen LogP contribution in [-0.2, 0) is 4.79 Å². The minimum Gasteiger partial charge on any atom is -0.343 e. The van der Waals surface area contributed by atoms with Crippen LogP contribution in [0.2, 0.25) is 0 Å². The molecule has 1 saturated heterocycles. The van der Waals surface area contributed by atoms with E-state index in [0.717, 1.165) is 37.9 Å². The lowest BCUT2D eigenvalue weighted by molar-refractivity contribution is -0.132. The summed E-state index contributed by atoms with van der Waals surface area (Å²) >= 11 is 0. The maximum absolute atomic E-state index is 12.2. The second-order valence-corrected chi connectivity index (χ2v) is 6.77. The Hall–Kier alpha value is -1.64. The number of carbonyl (C=O) groups excluding carboxylic acids is 2. The van der Waals surface area contributed by atoms with Gasteiger partial charge >= 0.3 is 0 Å². The molecule has 0 atom stereocenters. The smallest absolute Gasteiger partial charge is 0.222 e.